The first-order valence-corrected chi connectivity index (χ1v) is 9.69. The number of H-pyrrole nitrogens is 1. The molecule has 0 aliphatic rings. The number of phenolic OH excluding ortho intramolecular Hbond substituents is 1. The summed E-state index contributed by atoms with van der Waals surface area (Å²) >= 11 is 0. The van der Waals surface area contributed by atoms with Gasteiger partial charge in [-0.05, 0) is 31.0 Å². The summed E-state index contributed by atoms with van der Waals surface area (Å²) in [5, 5.41) is 9.46. The molecular formula is C20H26N4O6. The lowest BCUT2D eigenvalue weighted by atomic mass is 10.2. The number of aromatic nitrogens is 2. The highest BCUT2D eigenvalue weighted by atomic mass is 16.5. The van der Waals surface area contributed by atoms with Gasteiger partial charge in [-0.15, -0.1) is 0 Å². The third-order valence-electron chi connectivity index (χ3n) is 4.38. The second kappa shape index (κ2) is 10.3. The number of anilines is 2. The van der Waals surface area contributed by atoms with Crippen molar-refractivity contribution in [2.24, 2.45) is 0 Å². The molecule has 0 spiro atoms. The molecule has 10 heteroatoms. The Hall–Kier alpha value is -3.56. The Balaban J connectivity index is 2.30. The van der Waals surface area contributed by atoms with E-state index in [1.807, 2.05) is 13.8 Å². The van der Waals surface area contributed by atoms with Gasteiger partial charge in [0.2, 0.25) is 0 Å². The normalized spacial score (nSPS) is 10.6. The number of carbonyl (C=O) groups is 2. The van der Waals surface area contributed by atoms with E-state index in [-0.39, 0.29) is 35.9 Å². The van der Waals surface area contributed by atoms with E-state index in [1.54, 1.807) is 0 Å². The van der Waals surface area contributed by atoms with Crippen molar-refractivity contribution in [2.75, 3.05) is 23.8 Å². The molecule has 0 bridgehead atoms. The zero-order valence-corrected chi connectivity index (χ0v) is 17.0. The number of ether oxygens (including phenoxy) is 1. The van der Waals surface area contributed by atoms with E-state index in [4.69, 9.17) is 10.5 Å². The largest absolute Gasteiger partial charge is 0.508 e. The van der Waals surface area contributed by atoms with Crippen molar-refractivity contribution >= 4 is 23.4 Å². The van der Waals surface area contributed by atoms with Crippen LogP contribution in [0.5, 0.6) is 5.75 Å². The van der Waals surface area contributed by atoms with Gasteiger partial charge in [0.15, 0.2) is 12.3 Å². The number of amides is 1. The summed E-state index contributed by atoms with van der Waals surface area (Å²) < 4.78 is 6.24. The van der Waals surface area contributed by atoms with Gasteiger partial charge < -0.3 is 20.5 Å². The fourth-order valence-corrected chi connectivity index (χ4v) is 2.88. The van der Waals surface area contributed by atoms with Gasteiger partial charge in [-0.3, -0.25) is 19.1 Å². The van der Waals surface area contributed by atoms with Crippen LogP contribution in [-0.4, -0.2) is 39.7 Å². The second-order valence-corrected chi connectivity index (χ2v) is 6.67. The van der Waals surface area contributed by atoms with E-state index in [1.165, 1.54) is 28.8 Å². The fourth-order valence-electron chi connectivity index (χ4n) is 2.88. The number of nitrogens with zero attached hydrogens (tertiary/aromatic N) is 2. The first-order chi connectivity index (χ1) is 14.3. The maximum absolute atomic E-state index is 12.8. The summed E-state index contributed by atoms with van der Waals surface area (Å²) in [4.78, 5) is 52.8. The van der Waals surface area contributed by atoms with Crippen LogP contribution in [0.15, 0.2) is 33.9 Å². The van der Waals surface area contributed by atoms with Crippen molar-refractivity contribution in [2.45, 2.75) is 39.7 Å². The fraction of sp³-hybridized carbons (Fsp3) is 0.400. The molecule has 30 heavy (non-hydrogen) atoms. The van der Waals surface area contributed by atoms with Gasteiger partial charge in [-0.25, -0.2) is 9.59 Å². The summed E-state index contributed by atoms with van der Waals surface area (Å²) in [5.74, 6) is -1.68. The van der Waals surface area contributed by atoms with Crippen molar-refractivity contribution in [1.82, 2.24) is 9.55 Å². The van der Waals surface area contributed by atoms with Crippen LogP contribution >= 0.6 is 0 Å². The van der Waals surface area contributed by atoms with Crippen molar-refractivity contribution in [3.05, 3.63) is 50.7 Å². The predicted molar refractivity (Wildman–Crippen MR) is 112 cm³/mol. The molecule has 0 fully saturated rings. The van der Waals surface area contributed by atoms with Crippen LogP contribution in [0.3, 0.4) is 0 Å². The average Bonchev–Trinajstić information content (AvgIpc) is 2.71. The Bertz CT molecular complexity index is 1030. The highest BCUT2D eigenvalue weighted by Crippen LogP contribution is 2.18. The lowest BCUT2D eigenvalue weighted by Crippen LogP contribution is -2.43. The predicted octanol–water partition coefficient (Wildman–Crippen LogP) is 1.22. The smallest absolute Gasteiger partial charge is 0.338 e. The molecule has 10 nitrogen and oxygen atoms in total. The Labute approximate surface area is 172 Å². The van der Waals surface area contributed by atoms with E-state index in [0.29, 0.717) is 12.8 Å². The summed E-state index contributed by atoms with van der Waals surface area (Å²) in [6.45, 7) is 3.56. The lowest BCUT2D eigenvalue weighted by molar-refractivity contribution is -0.121. The molecule has 1 heterocycles. The highest BCUT2D eigenvalue weighted by molar-refractivity contribution is 5.98. The topological polar surface area (TPSA) is 148 Å². The number of esters is 1. The number of benzene rings is 1. The van der Waals surface area contributed by atoms with Crippen LogP contribution in [-0.2, 0) is 16.1 Å². The second-order valence-electron chi connectivity index (χ2n) is 6.67. The van der Waals surface area contributed by atoms with Gasteiger partial charge in [0.25, 0.3) is 11.5 Å². The Morgan fingerprint density at radius 1 is 1.23 bits per heavy atom. The molecule has 1 aromatic heterocycles. The summed E-state index contributed by atoms with van der Waals surface area (Å²) in [6.07, 6.45) is 1.90. The molecule has 0 saturated heterocycles. The Morgan fingerprint density at radius 3 is 2.60 bits per heavy atom. The molecule has 1 aromatic carbocycles. The standard InChI is InChI=1S/C20H26N4O6/c1-3-5-10-23(16-17(21)24(9-4-2)20(29)22-18(16)27)15(26)12-30-19(28)13-7-6-8-14(25)11-13/h6-8,11,25H,3-5,9-10,12,21H2,1-2H3,(H,22,27,29). The van der Waals surface area contributed by atoms with Gasteiger partial charge in [-0.2, -0.15) is 0 Å². The molecule has 4 N–H and O–H groups in total. The molecule has 1 amide bonds. The number of carbonyl (C=O) groups excluding carboxylic acids is 2. The number of hydrogen-bond acceptors (Lipinski definition) is 7. The third-order valence-corrected chi connectivity index (χ3v) is 4.38. The van der Waals surface area contributed by atoms with Crippen LogP contribution in [0.4, 0.5) is 11.5 Å². The number of phenols is 1. The van der Waals surface area contributed by atoms with Crippen LogP contribution < -0.4 is 21.9 Å². The molecule has 162 valence electrons. The van der Waals surface area contributed by atoms with Crippen molar-refractivity contribution < 1.29 is 19.4 Å². The molecule has 0 aliphatic carbocycles. The molecular weight excluding hydrogens is 392 g/mol. The zero-order valence-electron chi connectivity index (χ0n) is 17.0. The lowest BCUT2D eigenvalue weighted by Gasteiger charge is -2.24. The minimum absolute atomic E-state index is 0.0803. The third kappa shape index (κ3) is 5.28. The first kappa shape index (κ1) is 22.7. The average molecular weight is 418 g/mol. The van der Waals surface area contributed by atoms with Gasteiger partial charge in [0, 0.05) is 13.1 Å². The quantitative estimate of drug-likeness (QED) is 0.519. The summed E-state index contributed by atoms with van der Waals surface area (Å²) in [6, 6.07) is 5.52. The number of aromatic hydroxyl groups is 1. The molecule has 2 aromatic rings. The van der Waals surface area contributed by atoms with E-state index in [0.717, 1.165) is 11.3 Å². The summed E-state index contributed by atoms with van der Waals surface area (Å²) in [7, 11) is 0. The van der Waals surface area contributed by atoms with Crippen LogP contribution in [0.1, 0.15) is 43.5 Å². The number of unbranched alkanes of at least 4 members (excludes halogenated alkanes) is 1. The molecule has 0 radical (unpaired) electrons. The van der Waals surface area contributed by atoms with Crippen molar-refractivity contribution in [3.63, 3.8) is 0 Å². The summed E-state index contributed by atoms with van der Waals surface area (Å²) in [5.41, 5.74) is 4.56. The number of nitrogens with one attached hydrogen (secondary N) is 1. The molecule has 0 saturated carbocycles. The van der Waals surface area contributed by atoms with E-state index in [2.05, 4.69) is 4.98 Å². The Kier molecular flexibility index (Phi) is 7.79. The van der Waals surface area contributed by atoms with Crippen molar-refractivity contribution in [1.29, 1.82) is 0 Å². The van der Waals surface area contributed by atoms with Gasteiger partial charge in [0.05, 0.1) is 5.56 Å². The molecule has 0 atom stereocenters. The maximum Gasteiger partial charge on any atom is 0.338 e. The maximum atomic E-state index is 12.8. The van der Waals surface area contributed by atoms with E-state index in [9.17, 15) is 24.3 Å². The van der Waals surface area contributed by atoms with E-state index < -0.39 is 29.7 Å². The number of nitrogen functional groups attached to an aromatic ring is 1. The number of hydrogen-bond donors (Lipinski definition) is 3. The first-order valence-electron chi connectivity index (χ1n) is 9.69. The molecule has 0 unspecified atom stereocenters. The van der Waals surface area contributed by atoms with Gasteiger partial charge in [0.1, 0.15) is 11.6 Å². The van der Waals surface area contributed by atoms with Crippen LogP contribution in [0.2, 0.25) is 0 Å². The van der Waals surface area contributed by atoms with Gasteiger partial charge >= 0.3 is 11.7 Å². The number of aromatic amines is 1. The monoisotopic (exact) mass is 418 g/mol. The number of nitrogens with two attached hydrogens (primary N) is 1. The van der Waals surface area contributed by atoms with Crippen molar-refractivity contribution in [3.8, 4) is 5.75 Å². The SMILES string of the molecule is CCCCN(C(=O)COC(=O)c1cccc(O)c1)c1c(N)n(CCC)c(=O)[nH]c1=O. The number of rotatable bonds is 9. The van der Waals surface area contributed by atoms with E-state index >= 15 is 0 Å². The molecule has 2 rings (SSSR count). The van der Waals surface area contributed by atoms with Gasteiger partial charge in [-0.1, -0.05) is 26.3 Å². The van der Waals surface area contributed by atoms with Crippen LogP contribution in [0, 0.1) is 0 Å². The van der Waals surface area contributed by atoms with Crippen LogP contribution in [0.25, 0.3) is 0 Å². The molecule has 0 aliphatic heterocycles. The Morgan fingerprint density at radius 2 is 1.97 bits per heavy atom. The highest BCUT2D eigenvalue weighted by Gasteiger charge is 2.25. The minimum atomic E-state index is -0.799. The minimum Gasteiger partial charge on any atom is -0.508 e. The zero-order chi connectivity index (χ0) is 22.3.